The van der Waals surface area contributed by atoms with Gasteiger partial charge in [0.2, 0.25) is 0 Å². The molecule has 0 fully saturated rings. The lowest BCUT2D eigenvalue weighted by Gasteiger charge is -2.10. The second-order valence-electron chi connectivity index (χ2n) is 4.97. The fourth-order valence-electron chi connectivity index (χ4n) is 1.82. The van der Waals surface area contributed by atoms with E-state index in [2.05, 4.69) is 31.5 Å². The number of aromatic nitrogens is 1. The smallest absolute Gasteiger partial charge is 0.257 e. The average Bonchev–Trinajstić information content (AvgIpc) is 2.45. The summed E-state index contributed by atoms with van der Waals surface area (Å²) in [6, 6.07) is 9.20. The van der Waals surface area contributed by atoms with Gasteiger partial charge in [-0.3, -0.25) is 10.1 Å². The Morgan fingerprint density at radius 3 is 2.50 bits per heavy atom. The van der Waals surface area contributed by atoms with Crippen LogP contribution in [-0.4, -0.2) is 16.0 Å². The summed E-state index contributed by atoms with van der Waals surface area (Å²) in [5.41, 5.74) is 3.63. The summed E-state index contributed by atoms with van der Waals surface area (Å²) in [7, 11) is 0. The maximum atomic E-state index is 12.2. The number of hydrogen-bond acceptors (Lipinski definition) is 3. The molecule has 2 N–H and O–H groups in total. The summed E-state index contributed by atoms with van der Waals surface area (Å²) in [5, 5.41) is 5.78. The highest BCUT2D eigenvalue weighted by Gasteiger charge is 2.09. The van der Waals surface area contributed by atoms with Gasteiger partial charge in [0, 0.05) is 10.0 Å². The van der Waals surface area contributed by atoms with Crippen LogP contribution in [0, 0.1) is 20.8 Å². The van der Waals surface area contributed by atoms with Gasteiger partial charge in [-0.05, 0) is 84.3 Å². The largest absolute Gasteiger partial charge is 0.317 e. The third kappa shape index (κ3) is 4.11. The monoisotopic (exact) mass is 377 g/mol. The van der Waals surface area contributed by atoms with Gasteiger partial charge in [-0.1, -0.05) is 6.07 Å². The molecule has 0 radical (unpaired) electrons. The maximum absolute atomic E-state index is 12.2. The zero-order valence-corrected chi connectivity index (χ0v) is 14.9. The van der Waals surface area contributed by atoms with Crippen molar-refractivity contribution in [2.45, 2.75) is 20.8 Å². The lowest BCUT2D eigenvalue weighted by Crippen LogP contribution is -2.34. The van der Waals surface area contributed by atoms with E-state index < -0.39 is 0 Å². The standard InChI is InChI=1S/C16H16BrN3OS/c1-9-4-5-12(8-10(9)2)15(21)20-16(22)19-14-7-6-13(17)11(3)18-14/h4-8H,1-3H3,(H2,18,19,20,21,22). The molecule has 1 aromatic carbocycles. The van der Waals surface area contributed by atoms with Gasteiger partial charge in [0.1, 0.15) is 5.82 Å². The van der Waals surface area contributed by atoms with E-state index in [4.69, 9.17) is 12.2 Å². The van der Waals surface area contributed by atoms with Crippen LogP contribution in [0.5, 0.6) is 0 Å². The number of carbonyl (C=O) groups excluding carboxylic acids is 1. The van der Waals surface area contributed by atoms with Crippen molar-refractivity contribution in [2.24, 2.45) is 0 Å². The fraction of sp³-hybridized carbons (Fsp3) is 0.188. The number of nitrogens with zero attached hydrogens (tertiary/aromatic N) is 1. The van der Waals surface area contributed by atoms with Gasteiger partial charge < -0.3 is 5.32 Å². The predicted molar refractivity (Wildman–Crippen MR) is 96.3 cm³/mol. The lowest BCUT2D eigenvalue weighted by molar-refractivity contribution is 0.0977. The Bertz CT molecular complexity index is 746. The first-order chi connectivity index (χ1) is 10.4. The van der Waals surface area contributed by atoms with E-state index in [0.717, 1.165) is 21.3 Å². The van der Waals surface area contributed by atoms with E-state index in [1.165, 1.54) is 0 Å². The van der Waals surface area contributed by atoms with Gasteiger partial charge >= 0.3 is 0 Å². The van der Waals surface area contributed by atoms with Crippen LogP contribution in [0.4, 0.5) is 5.82 Å². The summed E-state index contributed by atoms with van der Waals surface area (Å²) in [6.07, 6.45) is 0. The minimum atomic E-state index is -0.241. The van der Waals surface area contributed by atoms with Crippen molar-refractivity contribution in [1.82, 2.24) is 10.3 Å². The number of aryl methyl sites for hydroxylation is 3. The van der Waals surface area contributed by atoms with Crippen molar-refractivity contribution in [3.8, 4) is 0 Å². The summed E-state index contributed by atoms with van der Waals surface area (Å²) in [5.74, 6) is 0.348. The predicted octanol–water partition coefficient (Wildman–Crippen LogP) is 3.90. The Labute approximate surface area is 143 Å². The van der Waals surface area contributed by atoms with Gasteiger partial charge in [-0.15, -0.1) is 0 Å². The van der Waals surface area contributed by atoms with Crippen LogP contribution >= 0.6 is 28.1 Å². The number of halogens is 1. The van der Waals surface area contributed by atoms with Crippen molar-refractivity contribution >= 4 is 45.0 Å². The number of benzene rings is 1. The SMILES string of the molecule is Cc1ccc(C(=O)NC(=S)Nc2ccc(Br)c(C)n2)cc1C. The van der Waals surface area contributed by atoms with E-state index in [9.17, 15) is 4.79 Å². The topological polar surface area (TPSA) is 54.0 Å². The molecule has 0 aliphatic carbocycles. The van der Waals surface area contributed by atoms with E-state index in [1.54, 1.807) is 12.1 Å². The molecule has 6 heteroatoms. The zero-order valence-electron chi connectivity index (χ0n) is 12.5. The molecule has 1 amide bonds. The Morgan fingerprint density at radius 1 is 1.14 bits per heavy atom. The Morgan fingerprint density at radius 2 is 1.86 bits per heavy atom. The second kappa shape index (κ2) is 6.98. The number of hydrogen-bond donors (Lipinski definition) is 2. The highest BCUT2D eigenvalue weighted by molar-refractivity contribution is 9.10. The number of anilines is 1. The second-order valence-corrected chi connectivity index (χ2v) is 6.23. The molecule has 22 heavy (non-hydrogen) atoms. The number of amides is 1. The van der Waals surface area contributed by atoms with Crippen LogP contribution in [-0.2, 0) is 0 Å². The molecule has 0 spiro atoms. The van der Waals surface area contributed by atoms with Gasteiger partial charge in [0.05, 0.1) is 5.69 Å². The quantitative estimate of drug-likeness (QED) is 0.779. The average molecular weight is 378 g/mol. The van der Waals surface area contributed by atoms with Crippen LogP contribution < -0.4 is 10.6 Å². The molecule has 4 nitrogen and oxygen atoms in total. The molecule has 0 saturated carbocycles. The molecule has 114 valence electrons. The van der Waals surface area contributed by atoms with E-state index in [-0.39, 0.29) is 11.0 Å². The molecular weight excluding hydrogens is 362 g/mol. The lowest BCUT2D eigenvalue weighted by atomic mass is 10.1. The van der Waals surface area contributed by atoms with Gasteiger partial charge in [0.15, 0.2) is 5.11 Å². The summed E-state index contributed by atoms with van der Waals surface area (Å²) >= 11 is 8.54. The normalized spacial score (nSPS) is 10.2. The minimum Gasteiger partial charge on any atom is -0.317 e. The molecule has 0 saturated heterocycles. The van der Waals surface area contributed by atoms with Crippen LogP contribution in [0.3, 0.4) is 0 Å². The van der Waals surface area contributed by atoms with E-state index in [0.29, 0.717) is 11.4 Å². The molecule has 0 aliphatic heterocycles. The number of thiocarbonyl (C=S) groups is 1. The van der Waals surface area contributed by atoms with Gasteiger partial charge in [-0.25, -0.2) is 4.98 Å². The number of rotatable bonds is 2. The molecule has 0 atom stereocenters. The Kier molecular flexibility index (Phi) is 5.26. The van der Waals surface area contributed by atoms with Crippen molar-refractivity contribution in [3.63, 3.8) is 0 Å². The van der Waals surface area contributed by atoms with Crippen LogP contribution in [0.25, 0.3) is 0 Å². The highest BCUT2D eigenvalue weighted by Crippen LogP contribution is 2.16. The van der Waals surface area contributed by atoms with Crippen molar-refractivity contribution in [2.75, 3.05) is 5.32 Å². The van der Waals surface area contributed by atoms with E-state index in [1.807, 2.05) is 39.0 Å². The van der Waals surface area contributed by atoms with Gasteiger partial charge in [0.25, 0.3) is 5.91 Å². The molecule has 1 heterocycles. The first-order valence-corrected chi connectivity index (χ1v) is 7.89. The Balaban J connectivity index is 2.03. The van der Waals surface area contributed by atoms with Gasteiger partial charge in [-0.2, -0.15) is 0 Å². The molecule has 2 rings (SSSR count). The number of pyridine rings is 1. The molecule has 1 aromatic heterocycles. The first-order valence-electron chi connectivity index (χ1n) is 6.69. The Hall–Kier alpha value is -1.79. The molecule has 0 aliphatic rings. The maximum Gasteiger partial charge on any atom is 0.257 e. The van der Waals surface area contributed by atoms with Crippen LogP contribution in [0.2, 0.25) is 0 Å². The first kappa shape index (κ1) is 16.6. The third-order valence-electron chi connectivity index (χ3n) is 3.26. The summed E-state index contributed by atoms with van der Waals surface area (Å²) < 4.78 is 0.920. The summed E-state index contributed by atoms with van der Waals surface area (Å²) in [6.45, 7) is 5.86. The minimum absolute atomic E-state index is 0.220. The third-order valence-corrected chi connectivity index (χ3v) is 4.30. The molecule has 0 unspecified atom stereocenters. The molecular formula is C16H16BrN3OS. The van der Waals surface area contributed by atoms with Crippen LogP contribution in [0.15, 0.2) is 34.8 Å². The molecule has 2 aromatic rings. The van der Waals surface area contributed by atoms with Crippen LogP contribution in [0.1, 0.15) is 27.2 Å². The van der Waals surface area contributed by atoms with Crippen molar-refractivity contribution < 1.29 is 4.79 Å². The number of nitrogens with one attached hydrogen (secondary N) is 2. The summed E-state index contributed by atoms with van der Waals surface area (Å²) in [4.78, 5) is 16.5. The van der Waals surface area contributed by atoms with Crippen molar-refractivity contribution in [1.29, 1.82) is 0 Å². The highest BCUT2D eigenvalue weighted by atomic mass is 79.9. The van der Waals surface area contributed by atoms with E-state index >= 15 is 0 Å². The zero-order chi connectivity index (χ0) is 16.3. The fourth-order valence-corrected chi connectivity index (χ4v) is 2.24. The number of carbonyl (C=O) groups is 1. The molecule has 0 bridgehead atoms. The van der Waals surface area contributed by atoms with Crippen molar-refractivity contribution in [3.05, 3.63) is 57.2 Å².